The molecule has 4 rings (SSSR count). The molecule has 0 bridgehead atoms. The molecule has 4 aromatic rings. The van der Waals surface area contributed by atoms with Crippen LogP contribution in [-0.2, 0) is 10.0 Å². The van der Waals surface area contributed by atoms with Crippen LogP contribution in [0.15, 0.2) is 102 Å². The van der Waals surface area contributed by atoms with E-state index in [0.717, 1.165) is 22.1 Å². The van der Waals surface area contributed by atoms with Crippen molar-refractivity contribution in [3.63, 3.8) is 0 Å². The van der Waals surface area contributed by atoms with Gasteiger partial charge in [0.05, 0.1) is 4.90 Å². The first-order valence-corrected chi connectivity index (χ1v) is 11.1. The summed E-state index contributed by atoms with van der Waals surface area (Å²) in [6.07, 6.45) is 0. The Balaban J connectivity index is 1.67. The van der Waals surface area contributed by atoms with Gasteiger partial charge in [0.2, 0.25) is 10.0 Å². The topological polar surface area (TPSA) is 46.2 Å². The van der Waals surface area contributed by atoms with Crippen LogP contribution in [0, 0.1) is 6.92 Å². The van der Waals surface area contributed by atoms with E-state index in [4.69, 9.17) is 0 Å². The van der Waals surface area contributed by atoms with E-state index in [1.807, 2.05) is 61.5 Å². The van der Waals surface area contributed by atoms with E-state index in [9.17, 15) is 8.42 Å². The molecule has 1 N–H and O–H groups in total. The third kappa shape index (κ3) is 4.39. The Bertz CT molecular complexity index is 1220. The lowest BCUT2D eigenvalue weighted by molar-refractivity contribution is 0.577. The molecule has 146 valence electrons. The first kappa shape index (κ1) is 19.4. The van der Waals surface area contributed by atoms with Crippen molar-refractivity contribution in [2.24, 2.45) is 0 Å². The standard InChI is InChI=1S/C25H23NO2S/c1-19-11-15-24(16-12-19)29(27,28)26-18-25(21-8-3-2-4-9-21)23-14-13-20-7-5-6-10-22(20)17-23/h2-17,25-26H,18H2,1H3. The van der Waals surface area contributed by atoms with Crippen molar-refractivity contribution in [1.29, 1.82) is 0 Å². The van der Waals surface area contributed by atoms with E-state index in [-0.39, 0.29) is 10.8 Å². The van der Waals surface area contributed by atoms with Crippen LogP contribution in [0.1, 0.15) is 22.6 Å². The summed E-state index contributed by atoms with van der Waals surface area (Å²) in [5.41, 5.74) is 3.19. The zero-order valence-electron chi connectivity index (χ0n) is 16.2. The number of aryl methyl sites for hydroxylation is 1. The van der Waals surface area contributed by atoms with E-state index in [1.54, 1.807) is 12.1 Å². The molecule has 0 radical (unpaired) electrons. The van der Waals surface area contributed by atoms with Gasteiger partial charge in [-0.3, -0.25) is 0 Å². The van der Waals surface area contributed by atoms with Gasteiger partial charge in [-0.2, -0.15) is 0 Å². The maximum atomic E-state index is 12.8. The SMILES string of the molecule is Cc1ccc(S(=O)(=O)NCC(c2ccccc2)c2ccc3ccccc3c2)cc1. The van der Waals surface area contributed by atoms with Crippen LogP contribution in [0.25, 0.3) is 10.8 Å². The normalized spacial score (nSPS) is 12.7. The minimum Gasteiger partial charge on any atom is -0.210 e. The van der Waals surface area contributed by atoms with Gasteiger partial charge in [0.15, 0.2) is 0 Å². The molecule has 0 aliphatic heterocycles. The minimum atomic E-state index is -3.58. The molecule has 1 unspecified atom stereocenters. The van der Waals surface area contributed by atoms with Gasteiger partial charge in [0.1, 0.15) is 0 Å². The van der Waals surface area contributed by atoms with E-state index in [2.05, 4.69) is 35.1 Å². The van der Waals surface area contributed by atoms with E-state index < -0.39 is 10.0 Å². The van der Waals surface area contributed by atoms with Crippen LogP contribution < -0.4 is 4.72 Å². The molecule has 0 aliphatic rings. The zero-order valence-corrected chi connectivity index (χ0v) is 17.1. The number of benzene rings is 4. The molecule has 0 fully saturated rings. The molecule has 0 aromatic heterocycles. The second kappa shape index (κ2) is 8.19. The molecule has 3 nitrogen and oxygen atoms in total. The highest BCUT2D eigenvalue weighted by atomic mass is 32.2. The summed E-state index contributed by atoms with van der Waals surface area (Å²) < 4.78 is 28.4. The molecule has 4 heteroatoms. The van der Waals surface area contributed by atoms with Crippen LogP contribution in [-0.4, -0.2) is 15.0 Å². The van der Waals surface area contributed by atoms with Gasteiger partial charge in [-0.1, -0.05) is 90.5 Å². The molecule has 0 amide bonds. The minimum absolute atomic E-state index is 0.0824. The second-order valence-electron chi connectivity index (χ2n) is 7.23. The molecule has 4 aromatic carbocycles. The van der Waals surface area contributed by atoms with Crippen molar-refractivity contribution in [3.8, 4) is 0 Å². The lowest BCUT2D eigenvalue weighted by atomic mass is 9.90. The molecule has 0 heterocycles. The number of fused-ring (bicyclic) bond motifs is 1. The summed E-state index contributed by atoms with van der Waals surface area (Å²) in [7, 11) is -3.58. The van der Waals surface area contributed by atoms with Crippen LogP contribution >= 0.6 is 0 Å². The molecule has 0 spiro atoms. The largest absolute Gasteiger partial charge is 0.240 e. The zero-order chi connectivity index (χ0) is 20.3. The fourth-order valence-corrected chi connectivity index (χ4v) is 4.58. The van der Waals surface area contributed by atoms with Crippen molar-refractivity contribution < 1.29 is 8.42 Å². The summed E-state index contributed by atoms with van der Waals surface area (Å²) in [5.74, 6) is -0.0824. The first-order valence-electron chi connectivity index (χ1n) is 9.63. The highest BCUT2D eigenvalue weighted by molar-refractivity contribution is 7.89. The van der Waals surface area contributed by atoms with Crippen LogP contribution in [0.5, 0.6) is 0 Å². The van der Waals surface area contributed by atoms with Gasteiger partial charge >= 0.3 is 0 Å². The van der Waals surface area contributed by atoms with Crippen molar-refractivity contribution in [2.75, 3.05) is 6.54 Å². The predicted octanol–water partition coefficient (Wildman–Crippen LogP) is 5.26. The highest BCUT2D eigenvalue weighted by Crippen LogP contribution is 2.27. The Kier molecular flexibility index (Phi) is 5.47. The molecular weight excluding hydrogens is 378 g/mol. The molecule has 0 saturated carbocycles. The number of hydrogen-bond acceptors (Lipinski definition) is 2. The average molecular weight is 402 g/mol. The fourth-order valence-electron chi connectivity index (χ4n) is 3.53. The van der Waals surface area contributed by atoms with Crippen molar-refractivity contribution in [1.82, 2.24) is 4.72 Å². The number of sulfonamides is 1. The van der Waals surface area contributed by atoms with Crippen LogP contribution in [0.4, 0.5) is 0 Å². The summed E-state index contributed by atoms with van der Waals surface area (Å²) in [6, 6.07) is 31.5. The van der Waals surface area contributed by atoms with Gasteiger partial charge in [0, 0.05) is 12.5 Å². The van der Waals surface area contributed by atoms with Gasteiger partial charge in [-0.25, -0.2) is 13.1 Å². The van der Waals surface area contributed by atoms with Gasteiger partial charge < -0.3 is 0 Å². The summed E-state index contributed by atoms with van der Waals surface area (Å²) in [5, 5.41) is 2.32. The summed E-state index contributed by atoms with van der Waals surface area (Å²) >= 11 is 0. The van der Waals surface area contributed by atoms with Crippen molar-refractivity contribution >= 4 is 20.8 Å². The lowest BCUT2D eigenvalue weighted by Gasteiger charge is -2.19. The molecule has 0 saturated heterocycles. The molecule has 1 atom stereocenters. The van der Waals surface area contributed by atoms with E-state index in [1.165, 1.54) is 5.39 Å². The molecular formula is C25H23NO2S. The number of rotatable bonds is 6. The predicted molar refractivity (Wildman–Crippen MR) is 119 cm³/mol. The Hall–Kier alpha value is -2.95. The molecule has 0 aliphatic carbocycles. The maximum absolute atomic E-state index is 12.8. The quantitative estimate of drug-likeness (QED) is 0.479. The lowest BCUT2D eigenvalue weighted by Crippen LogP contribution is -2.29. The first-order chi connectivity index (χ1) is 14.0. The number of nitrogens with one attached hydrogen (secondary N) is 1. The monoisotopic (exact) mass is 401 g/mol. The highest BCUT2D eigenvalue weighted by Gasteiger charge is 2.20. The smallest absolute Gasteiger partial charge is 0.210 e. The van der Waals surface area contributed by atoms with Gasteiger partial charge in [-0.15, -0.1) is 0 Å². The Morgan fingerprint density at radius 2 is 1.38 bits per heavy atom. The molecule has 29 heavy (non-hydrogen) atoms. The fraction of sp³-hybridized carbons (Fsp3) is 0.120. The van der Waals surface area contributed by atoms with Crippen LogP contribution in [0.2, 0.25) is 0 Å². The Morgan fingerprint density at radius 3 is 2.10 bits per heavy atom. The third-order valence-corrected chi connectivity index (χ3v) is 6.63. The van der Waals surface area contributed by atoms with Gasteiger partial charge in [-0.05, 0) is 41.0 Å². The van der Waals surface area contributed by atoms with Crippen LogP contribution in [0.3, 0.4) is 0 Å². The number of hydrogen-bond donors (Lipinski definition) is 1. The Morgan fingerprint density at radius 1 is 0.724 bits per heavy atom. The van der Waals surface area contributed by atoms with Crippen molar-refractivity contribution in [3.05, 3.63) is 114 Å². The summed E-state index contributed by atoms with van der Waals surface area (Å²) in [4.78, 5) is 0.286. The van der Waals surface area contributed by atoms with Gasteiger partial charge in [0.25, 0.3) is 0 Å². The van der Waals surface area contributed by atoms with E-state index >= 15 is 0 Å². The third-order valence-electron chi connectivity index (χ3n) is 5.19. The summed E-state index contributed by atoms with van der Waals surface area (Å²) in [6.45, 7) is 2.23. The second-order valence-corrected chi connectivity index (χ2v) is 9.00. The van der Waals surface area contributed by atoms with Crippen molar-refractivity contribution in [2.45, 2.75) is 17.7 Å². The van der Waals surface area contributed by atoms with E-state index in [0.29, 0.717) is 6.54 Å². The maximum Gasteiger partial charge on any atom is 0.240 e. The Labute approximate surface area is 172 Å². The average Bonchev–Trinajstić information content (AvgIpc) is 2.75.